The van der Waals surface area contributed by atoms with Crippen molar-refractivity contribution >= 4 is 0 Å². The molecule has 1 aromatic carbocycles. The van der Waals surface area contributed by atoms with E-state index in [0.29, 0.717) is 0 Å². The largest absolute Gasteiger partial charge is 0.290 e. The van der Waals surface area contributed by atoms with Crippen LogP contribution in [-0.2, 0) is 0 Å². The van der Waals surface area contributed by atoms with Gasteiger partial charge >= 0.3 is 0 Å². The molecule has 0 radical (unpaired) electrons. The summed E-state index contributed by atoms with van der Waals surface area (Å²) in [5, 5.41) is 0. The van der Waals surface area contributed by atoms with Gasteiger partial charge in [-0.05, 0) is 12.1 Å². The third-order valence-corrected chi connectivity index (χ3v) is 1.02. The lowest BCUT2D eigenvalue weighted by molar-refractivity contribution is -0.0387. The van der Waals surface area contributed by atoms with E-state index in [1.54, 1.807) is 0 Å². The molecule has 0 heterocycles. The van der Waals surface area contributed by atoms with Crippen LogP contribution >= 0.6 is 0 Å². The van der Waals surface area contributed by atoms with E-state index in [0.717, 1.165) is 0 Å². The first-order valence-corrected chi connectivity index (χ1v) is 2.54. The summed E-state index contributed by atoms with van der Waals surface area (Å²) in [7, 11) is 0. The van der Waals surface area contributed by atoms with Crippen LogP contribution in [-0.4, -0.2) is 0 Å². The Kier molecular flexibility index (Phi) is 2.04. The zero-order chi connectivity index (χ0) is 7.40. The van der Waals surface area contributed by atoms with E-state index in [2.05, 4.69) is 9.88 Å². The number of hydrogen-bond acceptors (Lipinski definition) is 2. The first kappa shape index (κ1) is 6.80. The molecule has 0 aliphatic heterocycles. The van der Waals surface area contributed by atoms with Crippen LogP contribution in [0.2, 0.25) is 0 Å². The maximum atomic E-state index is 11.4. The predicted octanol–water partition coefficient (Wildman–Crippen LogP) is 2.21. The predicted molar refractivity (Wildman–Crippen MR) is 29.9 cm³/mol. The van der Waals surface area contributed by atoms with E-state index >= 15 is 0 Å². The highest BCUT2D eigenvalue weighted by Gasteiger charge is 2.03. The molecule has 4 heteroatoms. The van der Waals surface area contributed by atoms with E-state index in [-0.39, 0.29) is 11.5 Å². The maximum absolute atomic E-state index is 11.4. The van der Waals surface area contributed by atoms with Gasteiger partial charge in [-0.3, -0.25) is 9.88 Å². The minimum Gasteiger partial charge on any atom is -0.290 e. The standard InChI is InChI=1S/C6H4F2O2/c7-9-5-3-1-2-4-6(5)10-8/h1-4H. The molecule has 0 aliphatic rings. The number of halogens is 2. The van der Waals surface area contributed by atoms with Gasteiger partial charge in [0.2, 0.25) is 11.5 Å². The molecule has 0 spiro atoms. The van der Waals surface area contributed by atoms with Crippen LogP contribution in [0.1, 0.15) is 0 Å². The summed E-state index contributed by atoms with van der Waals surface area (Å²) in [5.41, 5.74) is 0. The fourth-order valence-electron chi connectivity index (χ4n) is 0.578. The van der Waals surface area contributed by atoms with Crippen molar-refractivity contribution in [1.29, 1.82) is 0 Å². The Balaban J connectivity index is 2.96. The van der Waals surface area contributed by atoms with E-state index < -0.39 is 0 Å². The van der Waals surface area contributed by atoms with Gasteiger partial charge in [0.25, 0.3) is 0 Å². The highest BCUT2D eigenvalue weighted by Crippen LogP contribution is 2.26. The lowest BCUT2D eigenvalue weighted by atomic mass is 10.3. The highest BCUT2D eigenvalue weighted by molar-refractivity contribution is 5.38. The molecule has 0 fully saturated rings. The molecular weight excluding hydrogens is 142 g/mol. The summed E-state index contributed by atoms with van der Waals surface area (Å²) >= 11 is 0. The number of benzene rings is 1. The van der Waals surface area contributed by atoms with Gasteiger partial charge in [0.1, 0.15) is 0 Å². The van der Waals surface area contributed by atoms with Crippen molar-refractivity contribution in [2.24, 2.45) is 0 Å². The lowest BCUT2D eigenvalue weighted by Crippen LogP contribution is -1.81. The van der Waals surface area contributed by atoms with Gasteiger partial charge < -0.3 is 0 Å². The van der Waals surface area contributed by atoms with Gasteiger partial charge in [-0.1, -0.05) is 12.1 Å². The lowest BCUT2D eigenvalue weighted by Gasteiger charge is -1.96. The average molecular weight is 146 g/mol. The molecule has 0 atom stereocenters. The van der Waals surface area contributed by atoms with Gasteiger partial charge in [-0.15, -0.1) is 0 Å². The Morgan fingerprint density at radius 3 is 1.60 bits per heavy atom. The summed E-state index contributed by atoms with van der Waals surface area (Å²) < 4.78 is 22.9. The van der Waals surface area contributed by atoms with Crippen molar-refractivity contribution < 1.29 is 18.9 Å². The van der Waals surface area contributed by atoms with E-state index in [9.17, 15) is 9.05 Å². The molecule has 0 aliphatic carbocycles. The summed E-state index contributed by atoms with van der Waals surface area (Å²) in [4.78, 5) is 6.54. The van der Waals surface area contributed by atoms with Crippen molar-refractivity contribution in [3.63, 3.8) is 0 Å². The first-order chi connectivity index (χ1) is 4.88. The third-order valence-electron chi connectivity index (χ3n) is 1.02. The quantitative estimate of drug-likeness (QED) is 0.636. The topological polar surface area (TPSA) is 18.5 Å². The Bertz CT molecular complexity index is 192. The van der Waals surface area contributed by atoms with Crippen molar-refractivity contribution in [1.82, 2.24) is 0 Å². The SMILES string of the molecule is FOc1ccccc1OF. The minimum atomic E-state index is -0.273. The minimum absolute atomic E-state index is 0.273. The second-order valence-electron chi connectivity index (χ2n) is 1.60. The average Bonchev–Trinajstić information content (AvgIpc) is 2.04. The molecule has 0 unspecified atom stereocenters. The van der Waals surface area contributed by atoms with Gasteiger partial charge in [0.05, 0.1) is 0 Å². The van der Waals surface area contributed by atoms with E-state index in [1.165, 1.54) is 24.3 Å². The Morgan fingerprint density at radius 2 is 1.30 bits per heavy atom. The molecule has 0 N–H and O–H groups in total. The Morgan fingerprint density at radius 1 is 0.900 bits per heavy atom. The molecule has 10 heavy (non-hydrogen) atoms. The van der Waals surface area contributed by atoms with Crippen molar-refractivity contribution in [3.05, 3.63) is 24.3 Å². The smallest absolute Gasteiger partial charge is 0.218 e. The van der Waals surface area contributed by atoms with Crippen LogP contribution in [0, 0.1) is 0 Å². The summed E-state index contributed by atoms with van der Waals surface area (Å²) in [6.45, 7) is 0. The van der Waals surface area contributed by atoms with Gasteiger partial charge in [0, 0.05) is 9.05 Å². The number of para-hydroxylation sites is 2. The molecule has 1 aromatic rings. The summed E-state index contributed by atoms with van der Waals surface area (Å²) in [6.07, 6.45) is 0. The van der Waals surface area contributed by atoms with Gasteiger partial charge in [0.15, 0.2) is 0 Å². The Hall–Kier alpha value is -1.32. The maximum Gasteiger partial charge on any atom is 0.218 e. The highest BCUT2D eigenvalue weighted by atomic mass is 19.3. The van der Waals surface area contributed by atoms with Crippen molar-refractivity contribution in [2.75, 3.05) is 0 Å². The molecule has 0 aromatic heterocycles. The number of rotatable bonds is 2. The van der Waals surface area contributed by atoms with E-state index in [4.69, 9.17) is 0 Å². The number of hydrogen-bond donors (Lipinski definition) is 0. The van der Waals surface area contributed by atoms with Crippen LogP contribution in [0.15, 0.2) is 24.3 Å². The zero-order valence-electron chi connectivity index (χ0n) is 4.88. The molecule has 1 rings (SSSR count). The first-order valence-electron chi connectivity index (χ1n) is 2.54. The van der Waals surface area contributed by atoms with Crippen LogP contribution in [0.5, 0.6) is 11.5 Å². The second-order valence-corrected chi connectivity index (χ2v) is 1.60. The fraction of sp³-hybridized carbons (Fsp3) is 0. The van der Waals surface area contributed by atoms with Gasteiger partial charge in [-0.25, -0.2) is 0 Å². The molecule has 0 saturated heterocycles. The Labute approximate surface area is 55.8 Å². The van der Waals surface area contributed by atoms with Crippen molar-refractivity contribution in [2.45, 2.75) is 0 Å². The summed E-state index contributed by atoms with van der Waals surface area (Å²) in [5.74, 6) is -0.546. The molecule has 54 valence electrons. The molecule has 0 saturated carbocycles. The van der Waals surface area contributed by atoms with Crippen LogP contribution in [0.4, 0.5) is 9.05 Å². The van der Waals surface area contributed by atoms with Gasteiger partial charge in [-0.2, -0.15) is 0 Å². The fourth-order valence-corrected chi connectivity index (χ4v) is 0.578. The van der Waals surface area contributed by atoms with Crippen molar-refractivity contribution in [3.8, 4) is 11.5 Å². The third kappa shape index (κ3) is 1.15. The van der Waals surface area contributed by atoms with E-state index in [1.807, 2.05) is 0 Å². The van der Waals surface area contributed by atoms with Crippen LogP contribution < -0.4 is 9.88 Å². The normalized spacial score (nSPS) is 9.00. The monoisotopic (exact) mass is 146 g/mol. The van der Waals surface area contributed by atoms with Crippen LogP contribution in [0.3, 0.4) is 0 Å². The molecule has 0 amide bonds. The van der Waals surface area contributed by atoms with Crippen LogP contribution in [0.25, 0.3) is 0 Å². The second kappa shape index (κ2) is 3.00. The zero-order valence-corrected chi connectivity index (χ0v) is 4.88. The summed E-state index contributed by atoms with van der Waals surface area (Å²) in [6, 6.07) is 5.48. The molecule has 0 bridgehead atoms. The molecule has 2 nitrogen and oxygen atoms in total. The molecular formula is C6H4F2O2.